The van der Waals surface area contributed by atoms with Gasteiger partial charge in [-0.15, -0.1) is 0 Å². The maximum absolute atomic E-state index is 8.52. The molecule has 0 aliphatic carbocycles. The van der Waals surface area contributed by atoms with Crippen molar-refractivity contribution < 1.29 is 19.5 Å². The molecule has 7 heteroatoms. The van der Waals surface area contributed by atoms with Crippen molar-refractivity contribution >= 4 is 49.6 Å². The molecule has 0 amide bonds. The Hall–Kier alpha value is 0.876. The van der Waals surface area contributed by atoms with Crippen molar-refractivity contribution in [2.24, 2.45) is 0 Å². The van der Waals surface area contributed by atoms with Crippen LogP contribution in [0.3, 0.4) is 0 Å². The van der Waals surface area contributed by atoms with Crippen LogP contribution in [0.4, 0.5) is 0 Å². The van der Waals surface area contributed by atoms with Gasteiger partial charge in [0.05, 0.1) is 0 Å². The van der Waals surface area contributed by atoms with E-state index in [2.05, 4.69) is 0 Å². The van der Waals surface area contributed by atoms with Gasteiger partial charge in [0.1, 0.15) is 0 Å². The van der Waals surface area contributed by atoms with Crippen LogP contribution >= 0.6 is 0 Å². The molecule has 0 bridgehead atoms. The van der Waals surface area contributed by atoms with Crippen molar-refractivity contribution in [3.05, 3.63) is 0 Å². The van der Waals surface area contributed by atoms with Crippen LogP contribution in [0.25, 0.3) is 0 Å². The average molecular weight is 145 g/mol. The van der Waals surface area contributed by atoms with Crippen molar-refractivity contribution in [1.29, 1.82) is 0 Å². The maximum atomic E-state index is 8.52. The molecular weight excluding hydrogens is 143 g/mol. The smallest absolute Gasteiger partial charge is 0.672 e. The van der Waals surface area contributed by atoms with Gasteiger partial charge < -0.3 is 19.5 Å². The van der Waals surface area contributed by atoms with Crippen LogP contribution in [0.2, 0.25) is 0 Å². The van der Waals surface area contributed by atoms with Gasteiger partial charge in [-0.3, -0.25) is 0 Å². The minimum absolute atomic E-state index is 0. The molecule has 4 nitrogen and oxygen atoms in total. The molecule has 0 spiro atoms. The molecule has 0 unspecified atom stereocenters. The van der Waals surface area contributed by atoms with Gasteiger partial charge in [0, 0.05) is 9.17 Å². The summed E-state index contributed by atoms with van der Waals surface area (Å²) in [6.07, 6.45) is 0. The van der Waals surface area contributed by atoms with Crippen molar-refractivity contribution in [1.82, 2.24) is 0 Å². The third-order valence-corrected chi connectivity index (χ3v) is 0. The Morgan fingerprint density at radius 1 is 1.29 bits per heavy atom. The largest absolute Gasteiger partial charge is 3.00 e. The molecule has 0 fully saturated rings. The van der Waals surface area contributed by atoms with E-state index in [0.717, 1.165) is 0 Å². The predicted molar refractivity (Wildman–Crippen MR) is 21.6 cm³/mol. The molecular formula is H2AlMgO4Si+3. The van der Waals surface area contributed by atoms with E-state index < -0.39 is 9.17 Å². The van der Waals surface area contributed by atoms with E-state index in [4.69, 9.17) is 14.1 Å². The van der Waals surface area contributed by atoms with E-state index in [1.807, 2.05) is 0 Å². The van der Waals surface area contributed by atoms with Crippen LogP contribution in [-0.4, -0.2) is 55.1 Å². The second kappa shape index (κ2) is 15.8. The van der Waals surface area contributed by atoms with Crippen molar-refractivity contribution in [2.75, 3.05) is 0 Å². The van der Waals surface area contributed by atoms with E-state index in [-0.39, 0.29) is 45.9 Å². The minimum atomic E-state index is -3.63. The third-order valence-electron chi connectivity index (χ3n) is 0. The quantitative estimate of drug-likeness (QED) is 0.322. The first-order valence-electron chi connectivity index (χ1n) is 0.612. The Bertz CT molecular complexity index is 34.7. The summed E-state index contributed by atoms with van der Waals surface area (Å²) in [5.41, 5.74) is 0. The van der Waals surface area contributed by atoms with E-state index in [9.17, 15) is 0 Å². The van der Waals surface area contributed by atoms with Crippen LogP contribution in [0.15, 0.2) is 0 Å². The Labute approximate surface area is 69.0 Å². The molecule has 0 aliphatic heterocycles. The van der Waals surface area contributed by atoms with Gasteiger partial charge in [-0.05, 0) is 0 Å². The molecule has 0 rings (SSSR count). The zero-order valence-electron chi connectivity index (χ0n) is 3.51. The zero-order chi connectivity index (χ0) is 3.58. The first kappa shape index (κ1) is 24.8. The fourth-order valence-electron chi connectivity index (χ4n) is 0. The molecule has 0 saturated carbocycles. The molecule has 0 radical (unpaired) electrons. The van der Waals surface area contributed by atoms with Crippen LogP contribution < -0.4 is 9.59 Å². The molecule has 0 aliphatic rings. The molecule has 0 aromatic carbocycles. The van der Waals surface area contributed by atoms with Crippen molar-refractivity contribution in [3.8, 4) is 0 Å². The van der Waals surface area contributed by atoms with Crippen LogP contribution in [0.1, 0.15) is 0 Å². The van der Waals surface area contributed by atoms with Crippen LogP contribution in [0, 0.1) is 0 Å². The van der Waals surface area contributed by atoms with E-state index in [1.165, 1.54) is 0 Å². The van der Waals surface area contributed by atoms with Crippen molar-refractivity contribution in [2.45, 2.75) is 0 Å². The summed E-state index contributed by atoms with van der Waals surface area (Å²) in [6.45, 7) is 0. The monoisotopic (exact) mass is 145 g/mol. The maximum Gasteiger partial charge on any atom is 3.00 e. The minimum Gasteiger partial charge on any atom is -0.672 e. The standard InChI is InChI=1S/Al.Mg.O3Si.H2O/c;;1-4(2)3;/h;;;1H2/q+3;+2;-2;. The summed E-state index contributed by atoms with van der Waals surface area (Å²) >= 11 is 0. The summed E-state index contributed by atoms with van der Waals surface area (Å²) in [5.74, 6) is 0. The summed E-state index contributed by atoms with van der Waals surface area (Å²) in [7, 11) is -3.63. The van der Waals surface area contributed by atoms with Crippen LogP contribution in [-0.2, 0) is 4.46 Å². The molecule has 0 atom stereocenters. The second-order valence-electron chi connectivity index (χ2n) is 0.250. The van der Waals surface area contributed by atoms with Gasteiger partial charge in [-0.1, -0.05) is 0 Å². The summed E-state index contributed by atoms with van der Waals surface area (Å²) in [5, 5.41) is 0. The topological polar surface area (TPSA) is 94.7 Å². The Balaban J connectivity index is -0.0000000150. The molecule has 32 valence electrons. The van der Waals surface area contributed by atoms with E-state index in [1.54, 1.807) is 0 Å². The number of hydrogen-bond acceptors (Lipinski definition) is 3. The Morgan fingerprint density at radius 2 is 1.29 bits per heavy atom. The second-order valence-corrected chi connectivity index (χ2v) is 0.750. The fourth-order valence-corrected chi connectivity index (χ4v) is 0. The molecule has 7 heavy (non-hydrogen) atoms. The first-order valence-corrected chi connectivity index (χ1v) is 1.84. The Morgan fingerprint density at radius 3 is 1.29 bits per heavy atom. The van der Waals surface area contributed by atoms with Gasteiger partial charge in [0.15, 0.2) is 0 Å². The van der Waals surface area contributed by atoms with Gasteiger partial charge in [0.25, 0.3) is 0 Å². The molecule has 0 aromatic rings. The molecule has 2 N–H and O–H groups in total. The average Bonchev–Trinajstić information content (AvgIpc) is 0.811. The van der Waals surface area contributed by atoms with Crippen LogP contribution in [0.5, 0.6) is 0 Å². The molecule has 0 aromatic heterocycles. The van der Waals surface area contributed by atoms with Crippen molar-refractivity contribution in [3.63, 3.8) is 0 Å². The summed E-state index contributed by atoms with van der Waals surface area (Å²) in [4.78, 5) is 17.0. The first-order chi connectivity index (χ1) is 1.73. The third kappa shape index (κ3) is 213. The number of rotatable bonds is 0. The van der Waals surface area contributed by atoms with E-state index >= 15 is 0 Å². The fraction of sp³-hybridized carbons (Fsp3) is 0. The van der Waals surface area contributed by atoms with E-state index in [0.29, 0.717) is 0 Å². The molecule has 0 saturated heterocycles. The van der Waals surface area contributed by atoms with Gasteiger partial charge in [-0.2, -0.15) is 0 Å². The normalized spacial score (nSPS) is 3.43. The molecule has 0 heterocycles. The van der Waals surface area contributed by atoms with Gasteiger partial charge in [-0.25, -0.2) is 0 Å². The van der Waals surface area contributed by atoms with Gasteiger partial charge in [0.2, 0.25) is 0 Å². The summed E-state index contributed by atoms with van der Waals surface area (Å²) < 4.78 is 8.52. The predicted octanol–water partition coefficient (Wildman–Crippen LogP) is -4.46. The zero-order valence-corrected chi connectivity index (χ0v) is 7.08. The summed E-state index contributed by atoms with van der Waals surface area (Å²) in [6, 6.07) is 0. The number of hydrogen-bond donors (Lipinski definition) is 0. The SMILES string of the molecule is O.O=[Si]([O-])[O-].[Al+3].[Mg+2]. The van der Waals surface area contributed by atoms with Gasteiger partial charge >= 0.3 is 40.4 Å². The Kier molecular flexibility index (Phi) is 56.0.